The predicted molar refractivity (Wildman–Crippen MR) is 159 cm³/mol. The zero-order valence-electron chi connectivity index (χ0n) is 23.7. The molecule has 2 atom stereocenters. The Kier molecular flexibility index (Phi) is 7.97. The fourth-order valence-corrected chi connectivity index (χ4v) is 6.20. The molecule has 0 bridgehead atoms. The monoisotopic (exact) mass is 605 g/mol. The number of carbonyl (C=O) groups excluding carboxylic acids is 2. The minimum absolute atomic E-state index is 0.0192. The van der Waals surface area contributed by atoms with E-state index in [0.717, 1.165) is 29.4 Å². The second-order valence-corrected chi connectivity index (χ2v) is 12.0. The Labute approximate surface area is 243 Å². The maximum absolute atomic E-state index is 14.2. The van der Waals surface area contributed by atoms with E-state index in [1.54, 1.807) is 23.7 Å². The number of benzene rings is 2. The van der Waals surface area contributed by atoms with Crippen LogP contribution in [0.15, 0.2) is 51.7 Å². The molecule has 2 amide bonds. The van der Waals surface area contributed by atoms with Crippen molar-refractivity contribution >= 4 is 27.7 Å². The number of aromatic nitrogens is 2. The third-order valence-corrected chi connectivity index (χ3v) is 9.07. The molecule has 3 aromatic rings. The summed E-state index contributed by atoms with van der Waals surface area (Å²) in [7, 11) is 1.60. The van der Waals surface area contributed by atoms with Crippen molar-refractivity contribution < 1.29 is 9.59 Å². The Hall–Kier alpha value is -3.30. The first-order valence-corrected chi connectivity index (χ1v) is 14.7. The molecule has 8 nitrogen and oxygen atoms in total. The zero-order chi connectivity index (χ0) is 28.7. The van der Waals surface area contributed by atoms with Gasteiger partial charge in [-0.15, -0.1) is 0 Å². The highest BCUT2D eigenvalue weighted by atomic mass is 79.9. The first kappa shape index (κ1) is 28.2. The maximum atomic E-state index is 14.2. The molecule has 40 heavy (non-hydrogen) atoms. The van der Waals surface area contributed by atoms with Crippen molar-refractivity contribution in [3.63, 3.8) is 0 Å². The number of likely N-dealkylation sites (tertiary alicyclic amines) is 1. The van der Waals surface area contributed by atoms with E-state index in [4.69, 9.17) is 4.98 Å². The molecule has 1 N–H and O–H groups in total. The van der Waals surface area contributed by atoms with Crippen LogP contribution in [-0.4, -0.2) is 56.8 Å². The minimum atomic E-state index is -0.177. The van der Waals surface area contributed by atoms with Gasteiger partial charge in [-0.2, -0.15) is 0 Å². The molecule has 5 rings (SSSR count). The molecule has 1 unspecified atom stereocenters. The van der Waals surface area contributed by atoms with Gasteiger partial charge < -0.3 is 10.2 Å². The number of hydrogen-bond donors (Lipinski definition) is 1. The Morgan fingerprint density at radius 1 is 1.10 bits per heavy atom. The molecule has 0 spiro atoms. The number of nitrogens with one attached hydrogen (secondary N) is 1. The van der Waals surface area contributed by atoms with Crippen molar-refractivity contribution in [2.45, 2.75) is 71.6 Å². The van der Waals surface area contributed by atoms with Gasteiger partial charge in [0.15, 0.2) is 0 Å². The largest absolute Gasteiger partial charge is 0.355 e. The lowest BCUT2D eigenvalue weighted by Gasteiger charge is -2.36. The highest BCUT2D eigenvalue weighted by Gasteiger charge is 2.36. The van der Waals surface area contributed by atoms with Crippen LogP contribution >= 0.6 is 15.9 Å². The minimum Gasteiger partial charge on any atom is -0.355 e. The van der Waals surface area contributed by atoms with E-state index in [2.05, 4.69) is 40.0 Å². The Morgan fingerprint density at radius 2 is 1.80 bits per heavy atom. The molecular weight excluding hydrogens is 570 g/mol. The summed E-state index contributed by atoms with van der Waals surface area (Å²) in [5.74, 6) is 0.462. The van der Waals surface area contributed by atoms with Crippen LogP contribution in [0.5, 0.6) is 0 Å². The van der Waals surface area contributed by atoms with E-state index in [-0.39, 0.29) is 36.0 Å². The normalized spacial score (nSPS) is 19.1. The molecule has 1 fully saturated rings. The third-order valence-electron chi connectivity index (χ3n) is 8.18. The predicted octanol–water partition coefficient (Wildman–Crippen LogP) is 4.80. The van der Waals surface area contributed by atoms with Gasteiger partial charge in [0.05, 0.1) is 24.0 Å². The lowest BCUT2D eigenvalue weighted by atomic mass is 9.97. The maximum Gasteiger partial charge on any atom is 0.261 e. The summed E-state index contributed by atoms with van der Waals surface area (Å²) in [6, 6.07) is 12.9. The van der Waals surface area contributed by atoms with Crippen LogP contribution in [0, 0.1) is 6.92 Å². The molecule has 0 radical (unpaired) electrons. The lowest BCUT2D eigenvalue weighted by molar-refractivity contribution is 0.0651. The van der Waals surface area contributed by atoms with Crippen molar-refractivity contribution in [1.82, 2.24) is 24.7 Å². The second kappa shape index (κ2) is 11.3. The van der Waals surface area contributed by atoms with Crippen LogP contribution in [0.1, 0.15) is 83.0 Å². The molecule has 0 aliphatic carbocycles. The number of nitrogens with zero attached hydrogens (tertiary/aromatic N) is 4. The van der Waals surface area contributed by atoms with Gasteiger partial charge in [-0.05, 0) is 102 Å². The van der Waals surface area contributed by atoms with Gasteiger partial charge in [-0.25, -0.2) is 4.98 Å². The number of fused-ring (bicyclic) bond motifs is 1. The van der Waals surface area contributed by atoms with Gasteiger partial charge >= 0.3 is 0 Å². The number of aryl methyl sites for hydroxylation is 1. The fraction of sp³-hybridized carbons (Fsp3) is 0.419. The third kappa shape index (κ3) is 5.12. The van der Waals surface area contributed by atoms with Crippen molar-refractivity contribution in [2.75, 3.05) is 13.6 Å². The van der Waals surface area contributed by atoms with Gasteiger partial charge in [0, 0.05) is 40.3 Å². The van der Waals surface area contributed by atoms with Gasteiger partial charge in [0.25, 0.3) is 17.4 Å². The van der Waals surface area contributed by atoms with Gasteiger partial charge in [0.2, 0.25) is 0 Å². The van der Waals surface area contributed by atoms with Crippen LogP contribution in [-0.2, 0) is 13.0 Å². The summed E-state index contributed by atoms with van der Waals surface area (Å²) in [5.41, 5.74) is 4.07. The fourth-order valence-electron chi connectivity index (χ4n) is 5.96. The first-order valence-electron chi connectivity index (χ1n) is 13.9. The molecule has 2 aromatic carbocycles. The summed E-state index contributed by atoms with van der Waals surface area (Å²) in [6.07, 6.45) is 2.35. The van der Waals surface area contributed by atoms with Gasteiger partial charge in [0.1, 0.15) is 5.82 Å². The Balaban J connectivity index is 1.61. The SMILES string of the molecule is CNC(=O)c1ccc(-n2c(C3CCCN3C(C)C)nc3c(c2=O)C[C@H](C)N(C(=O)c2ccc(Br)c(C)c2)C3)cc1. The number of halogens is 1. The Morgan fingerprint density at radius 3 is 2.45 bits per heavy atom. The standard InChI is InChI=1S/C31H36BrN5O3/c1-18(2)35-14-6-7-27(35)28-34-26-17-36(30(39)22-10-13-25(32)19(3)15-22)20(4)16-24(26)31(40)37(28)23-11-8-21(9-12-23)29(38)33-5/h8-13,15,18,20,27H,6-7,14,16-17H2,1-5H3,(H,33,38)/t20-,27?/m0/s1. The molecule has 9 heteroatoms. The van der Waals surface area contributed by atoms with Crippen LogP contribution < -0.4 is 10.9 Å². The van der Waals surface area contributed by atoms with Crippen LogP contribution in [0.25, 0.3) is 5.69 Å². The molecule has 1 saturated heterocycles. The average Bonchev–Trinajstić information content (AvgIpc) is 3.44. The number of hydrogen-bond acceptors (Lipinski definition) is 5. The highest BCUT2D eigenvalue weighted by Crippen LogP contribution is 2.34. The molecule has 0 saturated carbocycles. The van der Waals surface area contributed by atoms with E-state index in [9.17, 15) is 14.4 Å². The number of carbonyl (C=O) groups is 2. The molecule has 2 aliphatic heterocycles. The van der Waals surface area contributed by atoms with Crippen LogP contribution in [0.4, 0.5) is 0 Å². The second-order valence-electron chi connectivity index (χ2n) is 11.1. The van der Waals surface area contributed by atoms with Crippen LogP contribution in [0.3, 0.4) is 0 Å². The van der Waals surface area contributed by atoms with Gasteiger partial charge in [-0.1, -0.05) is 15.9 Å². The van der Waals surface area contributed by atoms with Crippen molar-refractivity contribution in [1.29, 1.82) is 0 Å². The lowest BCUT2D eigenvalue weighted by Crippen LogP contribution is -2.46. The molecular formula is C31H36BrN5O3. The molecule has 3 heterocycles. The summed E-state index contributed by atoms with van der Waals surface area (Å²) >= 11 is 3.52. The summed E-state index contributed by atoms with van der Waals surface area (Å²) in [4.78, 5) is 49.4. The zero-order valence-corrected chi connectivity index (χ0v) is 25.3. The van der Waals surface area contributed by atoms with E-state index in [1.807, 2.05) is 49.1 Å². The smallest absolute Gasteiger partial charge is 0.261 e. The summed E-state index contributed by atoms with van der Waals surface area (Å²) < 4.78 is 2.70. The first-order chi connectivity index (χ1) is 19.1. The quantitative estimate of drug-likeness (QED) is 0.451. The van der Waals surface area contributed by atoms with Gasteiger partial charge in [-0.3, -0.25) is 23.9 Å². The van der Waals surface area contributed by atoms with E-state index < -0.39 is 0 Å². The van der Waals surface area contributed by atoms with Crippen molar-refractivity contribution in [3.8, 4) is 5.69 Å². The summed E-state index contributed by atoms with van der Waals surface area (Å²) in [6.45, 7) is 9.52. The molecule has 1 aromatic heterocycles. The van der Waals surface area contributed by atoms with E-state index in [0.29, 0.717) is 46.4 Å². The molecule has 2 aliphatic rings. The topological polar surface area (TPSA) is 87.5 Å². The van der Waals surface area contributed by atoms with Crippen molar-refractivity contribution in [2.24, 2.45) is 0 Å². The number of rotatable bonds is 5. The van der Waals surface area contributed by atoms with Crippen LogP contribution in [0.2, 0.25) is 0 Å². The molecule has 210 valence electrons. The van der Waals surface area contributed by atoms with E-state index >= 15 is 0 Å². The summed E-state index contributed by atoms with van der Waals surface area (Å²) in [5, 5.41) is 2.64. The number of amides is 2. The van der Waals surface area contributed by atoms with E-state index in [1.165, 1.54) is 0 Å². The van der Waals surface area contributed by atoms with Crippen molar-refractivity contribution in [3.05, 3.63) is 91.1 Å². The average molecular weight is 607 g/mol. The highest BCUT2D eigenvalue weighted by molar-refractivity contribution is 9.10. The Bertz CT molecular complexity index is 1510.